The summed E-state index contributed by atoms with van der Waals surface area (Å²) in [5.74, 6) is -0.163. The highest BCUT2D eigenvalue weighted by molar-refractivity contribution is 7.89. The Kier molecular flexibility index (Phi) is 5.79. The number of hydrogen-bond donors (Lipinski definition) is 2. The van der Waals surface area contributed by atoms with Crippen molar-refractivity contribution in [2.24, 2.45) is 0 Å². The Morgan fingerprint density at radius 1 is 1.27 bits per heavy atom. The van der Waals surface area contributed by atoms with Crippen LogP contribution < -0.4 is 4.72 Å². The van der Waals surface area contributed by atoms with Gasteiger partial charge in [0.2, 0.25) is 10.0 Å². The highest BCUT2D eigenvalue weighted by atomic mass is 32.2. The molecule has 3 rings (SSSR count). The first-order chi connectivity index (χ1) is 12.4. The topological polar surface area (TPSA) is 86.7 Å². The predicted molar refractivity (Wildman–Crippen MR) is 99.3 cm³/mol. The van der Waals surface area contributed by atoms with Crippen LogP contribution in [0.4, 0.5) is 0 Å². The number of carbonyl (C=O) groups is 1. The molecule has 1 aliphatic carbocycles. The SMILES string of the molecule is CC1=CCN(C(=O)c2cccc(S(=O)(=O)N[C@@H]3CCCC[C@H]3O)c2)CC1. The van der Waals surface area contributed by atoms with Crippen molar-refractivity contribution < 1.29 is 18.3 Å². The molecule has 6 nitrogen and oxygen atoms in total. The molecule has 1 aromatic carbocycles. The normalized spacial score (nSPS) is 24.2. The van der Waals surface area contributed by atoms with Crippen LogP contribution in [0.2, 0.25) is 0 Å². The molecule has 1 saturated carbocycles. The number of carbonyl (C=O) groups excluding carboxylic acids is 1. The van der Waals surface area contributed by atoms with E-state index in [1.54, 1.807) is 17.0 Å². The van der Waals surface area contributed by atoms with Crippen molar-refractivity contribution in [1.82, 2.24) is 9.62 Å². The summed E-state index contributed by atoms with van der Waals surface area (Å²) >= 11 is 0. The number of aliphatic hydroxyl groups excluding tert-OH is 1. The number of nitrogens with one attached hydrogen (secondary N) is 1. The average molecular weight is 378 g/mol. The number of aliphatic hydroxyl groups is 1. The van der Waals surface area contributed by atoms with Gasteiger partial charge in [-0.25, -0.2) is 13.1 Å². The van der Waals surface area contributed by atoms with Gasteiger partial charge in [0.1, 0.15) is 0 Å². The highest BCUT2D eigenvalue weighted by Crippen LogP contribution is 2.22. The zero-order valence-corrected chi connectivity index (χ0v) is 15.8. The van der Waals surface area contributed by atoms with Crippen LogP contribution in [0.3, 0.4) is 0 Å². The van der Waals surface area contributed by atoms with Crippen molar-refractivity contribution in [2.75, 3.05) is 13.1 Å². The third kappa shape index (κ3) is 4.34. The molecule has 0 bridgehead atoms. The lowest BCUT2D eigenvalue weighted by atomic mass is 9.93. The second kappa shape index (κ2) is 7.90. The first-order valence-corrected chi connectivity index (χ1v) is 10.6. The zero-order valence-electron chi connectivity index (χ0n) is 15.0. The van der Waals surface area contributed by atoms with Crippen LogP contribution in [0.25, 0.3) is 0 Å². The van der Waals surface area contributed by atoms with E-state index in [1.807, 2.05) is 13.0 Å². The second-order valence-electron chi connectivity index (χ2n) is 7.16. The molecule has 7 heteroatoms. The largest absolute Gasteiger partial charge is 0.391 e. The fourth-order valence-corrected chi connectivity index (χ4v) is 4.80. The number of rotatable bonds is 4. The molecule has 2 N–H and O–H groups in total. The minimum absolute atomic E-state index is 0.0601. The molecule has 0 unspecified atom stereocenters. The molecule has 2 atom stereocenters. The lowest BCUT2D eigenvalue weighted by Crippen LogP contribution is -2.45. The van der Waals surface area contributed by atoms with Gasteiger partial charge >= 0.3 is 0 Å². The fraction of sp³-hybridized carbons (Fsp3) is 0.526. The zero-order chi connectivity index (χ0) is 18.7. The summed E-state index contributed by atoms with van der Waals surface area (Å²) in [6.07, 6.45) is 5.23. The summed E-state index contributed by atoms with van der Waals surface area (Å²) in [4.78, 5) is 14.4. The number of hydrogen-bond acceptors (Lipinski definition) is 4. The maximum atomic E-state index is 12.7. The van der Waals surface area contributed by atoms with E-state index in [-0.39, 0.29) is 10.8 Å². The number of amides is 1. The molecule has 0 aromatic heterocycles. The van der Waals surface area contributed by atoms with Gasteiger partial charge < -0.3 is 10.0 Å². The molecule has 142 valence electrons. The third-order valence-corrected chi connectivity index (χ3v) is 6.64. The summed E-state index contributed by atoms with van der Waals surface area (Å²) in [7, 11) is -3.78. The van der Waals surface area contributed by atoms with Crippen molar-refractivity contribution in [2.45, 2.75) is 56.1 Å². The van der Waals surface area contributed by atoms with Gasteiger partial charge in [-0.2, -0.15) is 0 Å². The van der Waals surface area contributed by atoms with Gasteiger partial charge in [-0.3, -0.25) is 4.79 Å². The molecule has 1 amide bonds. The summed E-state index contributed by atoms with van der Waals surface area (Å²) < 4.78 is 28.0. The second-order valence-corrected chi connectivity index (χ2v) is 8.87. The van der Waals surface area contributed by atoms with Crippen LogP contribution in [-0.2, 0) is 10.0 Å². The molecule has 26 heavy (non-hydrogen) atoms. The van der Waals surface area contributed by atoms with Gasteiger partial charge in [0.15, 0.2) is 0 Å². The first-order valence-electron chi connectivity index (χ1n) is 9.12. The van der Waals surface area contributed by atoms with Crippen molar-refractivity contribution in [3.05, 3.63) is 41.5 Å². The summed E-state index contributed by atoms with van der Waals surface area (Å²) in [6, 6.07) is 5.66. The predicted octanol–water partition coefficient (Wildman–Crippen LogP) is 2.06. The Hall–Kier alpha value is -1.70. The summed E-state index contributed by atoms with van der Waals surface area (Å²) in [5, 5.41) is 10.0. The molecular weight excluding hydrogens is 352 g/mol. The number of benzene rings is 1. The van der Waals surface area contributed by atoms with Crippen LogP contribution in [0, 0.1) is 0 Å². The minimum atomic E-state index is -3.78. The molecule has 2 aliphatic rings. The first kappa shape index (κ1) is 19.1. The van der Waals surface area contributed by atoms with E-state index < -0.39 is 22.2 Å². The van der Waals surface area contributed by atoms with Gasteiger partial charge in [0.25, 0.3) is 5.91 Å². The van der Waals surface area contributed by atoms with Crippen molar-refractivity contribution in [1.29, 1.82) is 0 Å². The molecule has 0 saturated heterocycles. The Balaban J connectivity index is 1.76. The fourth-order valence-electron chi connectivity index (χ4n) is 3.45. The van der Waals surface area contributed by atoms with E-state index in [0.29, 0.717) is 31.5 Å². The van der Waals surface area contributed by atoms with Crippen LogP contribution in [0.1, 0.15) is 49.4 Å². The van der Waals surface area contributed by atoms with Gasteiger partial charge in [0, 0.05) is 24.7 Å². The van der Waals surface area contributed by atoms with Gasteiger partial charge in [-0.05, 0) is 44.4 Å². The average Bonchev–Trinajstić information content (AvgIpc) is 2.64. The monoisotopic (exact) mass is 378 g/mol. The lowest BCUT2D eigenvalue weighted by Gasteiger charge is -2.28. The number of sulfonamides is 1. The maximum Gasteiger partial charge on any atom is 0.254 e. The van der Waals surface area contributed by atoms with Crippen LogP contribution >= 0.6 is 0 Å². The third-order valence-electron chi connectivity index (χ3n) is 5.15. The Labute approximate surface area is 155 Å². The lowest BCUT2D eigenvalue weighted by molar-refractivity contribution is 0.0768. The smallest absolute Gasteiger partial charge is 0.254 e. The van der Waals surface area contributed by atoms with Crippen LogP contribution in [0.15, 0.2) is 40.8 Å². The van der Waals surface area contributed by atoms with Crippen LogP contribution in [-0.4, -0.2) is 49.6 Å². The molecular formula is C19H26N2O4S. The van der Waals surface area contributed by atoms with Crippen molar-refractivity contribution in [3.8, 4) is 0 Å². The van der Waals surface area contributed by atoms with Gasteiger partial charge in [0.05, 0.1) is 11.0 Å². The van der Waals surface area contributed by atoms with Crippen LogP contribution in [0.5, 0.6) is 0 Å². The van der Waals surface area contributed by atoms with Crippen molar-refractivity contribution >= 4 is 15.9 Å². The maximum absolute atomic E-state index is 12.7. The Morgan fingerprint density at radius 2 is 2.04 bits per heavy atom. The standard InChI is InChI=1S/C19H26N2O4S/c1-14-9-11-21(12-10-14)19(23)15-5-4-6-16(13-15)26(24,25)20-17-7-2-3-8-18(17)22/h4-6,9,13,17-18,20,22H,2-3,7-8,10-12H2,1H3/t17-,18-/m1/s1. The van der Waals surface area contributed by atoms with E-state index in [4.69, 9.17) is 0 Å². The Bertz CT molecular complexity index is 804. The van der Waals surface area contributed by atoms with Gasteiger partial charge in [-0.1, -0.05) is 30.6 Å². The van der Waals surface area contributed by atoms with E-state index in [1.165, 1.54) is 17.7 Å². The summed E-state index contributed by atoms with van der Waals surface area (Å²) in [5.41, 5.74) is 1.63. The molecule has 1 aromatic rings. The van der Waals surface area contributed by atoms with Crippen molar-refractivity contribution in [3.63, 3.8) is 0 Å². The molecule has 1 aliphatic heterocycles. The molecule has 0 radical (unpaired) electrons. The van der Waals surface area contributed by atoms with E-state index in [2.05, 4.69) is 4.72 Å². The van der Waals surface area contributed by atoms with Gasteiger partial charge in [-0.15, -0.1) is 0 Å². The van der Waals surface area contributed by atoms with E-state index >= 15 is 0 Å². The quantitative estimate of drug-likeness (QED) is 0.785. The highest BCUT2D eigenvalue weighted by Gasteiger charge is 2.28. The molecule has 0 spiro atoms. The minimum Gasteiger partial charge on any atom is -0.391 e. The van der Waals surface area contributed by atoms with E-state index in [0.717, 1.165) is 19.3 Å². The van der Waals surface area contributed by atoms with E-state index in [9.17, 15) is 18.3 Å². The Morgan fingerprint density at radius 3 is 2.73 bits per heavy atom. The molecule has 1 heterocycles. The number of nitrogens with zero attached hydrogens (tertiary/aromatic N) is 1. The summed E-state index contributed by atoms with van der Waals surface area (Å²) in [6.45, 7) is 3.24. The molecule has 1 fully saturated rings.